The summed E-state index contributed by atoms with van der Waals surface area (Å²) in [5.41, 5.74) is -0.352. The first-order valence-corrected chi connectivity index (χ1v) is 5.82. The molecule has 0 bridgehead atoms. The molecule has 0 aromatic carbocycles. The van der Waals surface area contributed by atoms with E-state index in [2.05, 4.69) is 15.3 Å². The maximum absolute atomic E-state index is 11.8. The number of aromatic amines is 1. The highest BCUT2D eigenvalue weighted by Crippen LogP contribution is 2.24. The van der Waals surface area contributed by atoms with Crippen LogP contribution in [-0.2, 0) is 0 Å². The van der Waals surface area contributed by atoms with Crippen molar-refractivity contribution in [1.82, 2.24) is 15.3 Å². The highest BCUT2D eigenvalue weighted by molar-refractivity contribution is 6.02. The third kappa shape index (κ3) is 2.51. The SMILES string of the molecule is O=C(NCC1CCCC1O)c1nc[nH]c1C(=O)O. The molecule has 1 fully saturated rings. The van der Waals surface area contributed by atoms with Crippen molar-refractivity contribution in [1.29, 1.82) is 0 Å². The van der Waals surface area contributed by atoms with Crippen LogP contribution >= 0.6 is 0 Å². The van der Waals surface area contributed by atoms with E-state index >= 15 is 0 Å². The molecule has 1 aliphatic rings. The van der Waals surface area contributed by atoms with E-state index in [-0.39, 0.29) is 23.4 Å². The van der Waals surface area contributed by atoms with E-state index in [1.165, 1.54) is 6.33 Å². The Labute approximate surface area is 103 Å². The minimum Gasteiger partial charge on any atom is -0.477 e. The number of hydrogen-bond acceptors (Lipinski definition) is 4. The Kier molecular flexibility index (Phi) is 3.61. The van der Waals surface area contributed by atoms with Crippen LogP contribution in [0.15, 0.2) is 6.33 Å². The molecule has 0 saturated heterocycles. The molecular weight excluding hydrogens is 238 g/mol. The topological polar surface area (TPSA) is 115 Å². The van der Waals surface area contributed by atoms with Gasteiger partial charge in [-0.15, -0.1) is 0 Å². The molecule has 0 spiro atoms. The summed E-state index contributed by atoms with van der Waals surface area (Å²) in [7, 11) is 0. The molecule has 1 aromatic rings. The number of amides is 1. The number of aliphatic hydroxyl groups is 1. The molecule has 2 atom stereocenters. The van der Waals surface area contributed by atoms with Gasteiger partial charge in [0, 0.05) is 12.5 Å². The van der Waals surface area contributed by atoms with Crippen molar-refractivity contribution in [3.8, 4) is 0 Å². The van der Waals surface area contributed by atoms with E-state index in [4.69, 9.17) is 5.11 Å². The molecule has 4 N–H and O–H groups in total. The lowest BCUT2D eigenvalue weighted by Crippen LogP contribution is -2.33. The fourth-order valence-corrected chi connectivity index (χ4v) is 2.19. The zero-order valence-electron chi connectivity index (χ0n) is 9.72. The Morgan fingerprint density at radius 2 is 2.28 bits per heavy atom. The minimum absolute atomic E-state index is 0.0427. The molecule has 1 amide bonds. The first kappa shape index (κ1) is 12.6. The number of H-pyrrole nitrogens is 1. The number of aromatic nitrogens is 2. The third-order valence-electron chi connectivity index (χ3n) is 3.21. The maximum Gasteiger partial charge on any atom is 0.354 e. The van der Waals surface area contributed by atoms with Crippen LogP contribution in [0.25, 0.3) is 0 Å². The quantitative estimate of drug-likeness (QED) is 0.602. The summed E-state index contributed by atoms with van der Waals surface area (Å²) in [5.74, 6) is -1.72. The highest BCUT2D eigenvalue weighted by Gasteiger charge is 2.26. The zero-order valence-corrected chi connectivity index (χ0v) is 9.72. The Morgan fingerprint density at radius 1 is 1.50 bits per heavy atom. The van der Waals surface area contributed by atoms with Crippen LogP contribution in [0.5, 0.6) is 0 Å². The van der Waals surface area contributed by atoms with Crippen molar-refractivity contribution < 1.29 is 19.8 Å². The lowest BCUT2D eigenvalue weighted by Gasteiger charge is -2.14. The van der Waals surface area contributed by atoms with Crippen LogP contribution in [0.3, 0.4) is 0 Å². The number of aromatic carboxylic acids is 1. The molecule has 1 heterocycles. The van der Waals surface area contributed by atoms with E-state index in [1.807, 2.05) is 0 Å². The van der Waals surface area contributed by atoms with E-state index in [0.29, 0.717) is 6.54 Å². The van der Waals surface area contributed by atoms with Crippen LogP contribution in [0.1, 0.15) is 40.2 Å². The van der Waals surface area contributed by atoms with Gasteiger partial charge in [0.25, 0.3) is 5.91 Å². The monoisotopic (exact) mass is 253 g/mol. The number of carboxylic acids is 1. The number of nitrogens with zero attached hydrogens (tertiary/aromatic N) is 1. The van der Waals surface area contributed by atoms with Gasteiger partial charge < -0.3 is 20.5 Å². The van der Waals surface area contributed by atoms with Crippen molar-refractivity contribution in [2.24, 2.45) is 5.92 Å². The summed E-state index contributed by atoms with van der Waals surface area (Å²) in [5, 5.41) is 21.0. The maximum atomic E-state index is 11.8. The number of rotatable bonds is 4. The fraction of sp³-hybridized carbons (Fsp3) is 0.545. The lowest BCUT2D eigenvalue weighted by atomic mass is 10.1. The van der Waals surface area contributed by atoms with Gasteiger partial charge in [0.1, 0.15) is 0 Å². The van der Waals surface area contributed by atoms with Gasteiger partial charge in [-0.1, -0.05) is 6.42 Å². The minimum atomic E-state index is -1.22. The number of nitrogens with one attached hydrogen (secondary N) is 2. The van der Waals surface area contributed by atoms with E-state index in [1.54, 1.807) is 0 Å². The van der Waals surface area contributed by atoms with Crippen molar-refractivity contribution in [3.63, 3.8) is 0 Å². The Balaban J connectivity index is 1.95. The third-order valence-corrected chi connectivity index (χ3v) is 3.21. The molecule has 1 aromatic heterocycles. The second-order valence-corrected chi connectivity index (χ2v) is 4.40. The molecule has 7 nitrogen and oxygen atoms in total. The van der Waals surface area contributed by atoms with Crippen molar-refractivity contribution in [3.05, 3.63) is 17.7 Å². The van der Waals surface area contributed by atoms with Crippen LogP contribution in [0, 0.1) is 5.92 Å². The van der Waals surface area contributed by atoms with E-state index in [9.17, 15) is 14.7 Å². The Bertz CT molecular complexity index is 457. The van der Waals surface area contributed by atoms with Crippen LogP contribution in [0.4, 0.5) is 0 Å². The van der Waals surface area contributed by atoms with Crippen molar-refractivity contribution in [2.75, 3.05) is 6.54 Å². The van der Waals surface area contributed by atoms with Crippen LogP contribution < -0.4 is 5.32 Å². The first-order valence-electron chi connectivity index (χ1n) is 5.82. The van der Waals surface area contributed by atoms with Gasteiger partial charge in [-0.25, -0.2) is 9.78 Å². The summed E-state index contributed by atoms with van der Waals surface area (Å²) >= 11 is 0. The smallest absolute Gasteiger partial charge is 0.354 e. The summed E-state index contributed by atoms with van der Waals surface area (Å²) in [6, 6.07) is 0. The van der Waals surface area contributed by atoms with Gasteiger partial charge in [0.05, 0.1) is 12.4 Å². The predicted octanol–water partition coefficient (Wildman–Crippen LogP) is -0.00130. The number of aliphatic hydroxyl groups excluding tert-OH is 1. The molecule has 18 heavy (non-hydrogen) atoms. The molecule has 1 aliphatic carbocycles. The van der Waals surface area contributed by atoms with Gasteiger partial charge in [-0.3, -0.25) is 4.79 Å². The number of hydrogen-bond donors (Lipinski definition) is 4. The second-order valence-electron chi connectivity index (χ2n) is 4.40. The van der Waals surface area contributed by atoms with Gasteiger partial charge in [-0.05, 0) is 12.8 Å². The number of carbonyl (C=O) groups excluding carboxylic acids is 1. The summed E-state index contributed by atoms with van der Waals surface area (Å²) in [4.78, 5) is 28.7. The molecule has 0 radical (unpaired) electrons. The zero-order chi connectivity index (χ0) is 13.1. The van der Waals surface area contributed by atoms with Crippen LogP contribution in [-0.4, -0.2) is 44.7 Å². The second kappa shape index (κ2) is 5.18. The number of carbonyl (C=O) groups is 2. The molecule has 98 valence electrons. The molecule has 7 heteroatoms. The number of imidazole rings is 1. The average molecular weight is 253 g/mol. The molecular formula is C11H15N3O4. The lowest BCUT2D eigenvalue weighted by molar-refractivity contribution is 0.0684. The van der Waals surface area contributed by atoms with Gasteiger partial charge in [0.15, 0.2) is 11.4 Å². The summed E-state index contributed by atoms with van der Waals surface area (Å²) in [6.07, 6.45) is 3.35. The van der Waals surface area contributed by atoms with E-state index < -0.39 is 11.9 Å². The van der Waals surface area contributed by atoms with E-state index in [0.717, 1.165) is 19.3 Å². The largest absolute Gasteiger partial charge is 0.477 e. The number of carboxylic acid groups (broad SMARTS) is 1. The van der Waals surface area contributed by atoms with Gasteiger partial charge in [0.2, 0.25) is 0 Å². The molecule has 1 saturated carbocycles. The first-order chi connectivity index (χ1) is 8.59. The summed E-state index contributed by atoms with van der Waals surface area (Å²) in [6.45, 7) is 0.339. The molecule has 2 rings (SSSR count). The average Bonchev–Trinajstić information content (AvgIpc) is 2.94. The Hall–Kier alpha value is -1.89. The fourth-order valence-electron chi connectivity index (χ4n) is 2.19. The van der Waals surface area contributed by atoms with Gasteiger partial charge >= 0.3 is 5.97 Å². The summed E-state index contributed by atoms with van der Waals surface area (Å²) < 4.78 is 0. The van der Waals surface area contributed by atoms with Crippen molar-refractivity contribution in [2.45, 2.75) is 25.4 Å². The molecule has 2 unspecified atom stereocenters. The Morgan fingerprint density at radius 3 is 2.89 bits per heavy atom. The predicted molar refractivity (Wildman–Crippen MR) is 61.2 cm³/mol. The van der Waals surface area contributed by atoms with Crippen LogP contribution in [0.2, 0.25) is 0 Å². The van der Waals surface area contributed by atoms with Gasteiger partial charge in [-0.2, -0.15) is 0 Å². The standard InChI is InChI=1S/C11H15N3O4/c15-7-3-1-2-6(7)4-12-10(16)8-9(11(17)18)14-5-13-8/h5-7,15H,1-4H2,(H,12,16)(H,13,14)(H,17,18). The normalized spacial score (nSPS) is 22.9. The van der Waals surface area contributed by atoms with Crippen molar-refractivity contribution >= 4 is 11.9 Å². The molecule has 0 aliphatic heterocycles. The highest BCUT2D eigenvalue weighted by atomic mass is 16.4.